The van der Waals surface area contributed by atoms with Crippen molar-refractivity contribution in [2.24, 2.45) is 5.73 Å². The molecule has 7 nitrogen and oxygen atoms in total. The SMILES string of the molecule is CCc1cc(OCCCCN)ccc1-c1ccc(C[C@H](NC)C(=O)NC(CCCc2cc(C)cc(C)c2)C(=O)NC)cc1. The van der Waals surface area contributed by atoms with E-state index in [9.17, 15) is 9.59 Å². The van der Waals surface area contributed by atoms with E-state index in [0.29, 0.717) is 26.0 Å². The zero-order valence-electron chi connectivity index (χ0n) is 26.6. The van der Waals surface area contributed by atoms with Gasteiger partial charge in [0.15, 0.2) is 0 Å². The van der Waals surface area contributed by atoms with Gasteiger partial charge in [0.2, 0.25) is 11.8 Å². The van der Waals surface area contributed by atoms with Gasteiger partial charge in [0.25, 0.3) is 0 Å². The van der Waals surface area contributed by atoms with Crippen LogP contribution in [0.5, 0.6) is 5.75 Å². The lowest BCUT2D eigenvalue weighted by Gasteiger charge is -2.22. The van der Waals surface area contributed by atoms with Crippen molar-refractivity contribution in [2.45, 2.75) is 77.8 Å². The molecule has 0 saturated heterocycles. The number of benzene rings is 3. The van der Waals surface area contributed by atoms with Gasteiger partial charge in [-0.3, -0.25) is 9.59 Å². The van der Waals surface area contributed by atoms with E-state index in [4.69, 9.17) is 10.5 Å². The normalized spacial score (nSPS) is 12.4. The molecule has 0 radical (unpaired) electrons. The molecule has 2 atom stereocenters. The molecule has 0 heterocycles. The van der Waals surface area contributed by atoms with Crippen molar-refractivity contribution >= 4 is 11.8 Å². The Kier molecular flexibility index (Phi) is 13.7. The van der Waals surface area contributed by atoms with E-state index in [1.165, 1.54) is 27.8 Å². The maximum Gasteiger partial charge on any atom is 0.242 e. The Morgan fingerprint density at radius 2 is 1.56 bits per heavy atom. The summed E-state index contributed by atoms with van der Waals surface area (Å²) < 4.78 is 5.91. The van der Waals surface area contributed by atoms with Gasteiger partial charge in [-0.05, 0) is 112 Å². The summed E-state index contributed by atoms with van der Waals surface area (Å²) in [6, 6.07) is 20.1. The minimum atomic E-state index is -0.582. The molecule has 0 saturated carbocycles. The molecule has 0 aliphatic heterocycles. The zero-order chi connectivity index (χ0) is 31.2. The van der Waals surface area contributed by atoms with Crippen molar-refractivity contribution in [1.82, 2.24) is 16.0 Å². The molecule has 3 aromatic rings. The predicted molar refractivity (Wildman–Crippen MR) is 176 cm³/mol. The summed E-state index contributed by atoms with van der Waals surface area (Å²) in [6.07, 6.45) is 5.56. The first kappa shape index (κ1) is 33.8. The van der Waals surface area contributed by atoms with Crippen LogP contribution in [0.25, 0.3) is 11.1 Å². The molecule has 0 spiro atoms. The number of amides is 2. The average Bonchev–Trinajstić information content (AvgIpc) is 3.00. The van der Waals surface area contributed by atoms with Crippen LogP contribution in [0.1, 0.15) is 60.4 Å². The number of rotatable bonds is 17. The van der Waals surface area contributed by atoms with E-state index in [1.807, 2.05) is 6.07 Å². The third kappa shape index (κ3) is 10.5. The number of hydrogen-bond acceptors (Lipinski definition) is 5. The molecule has 3 aromatic carbocycles. The molecule has 232 valence electrons. The molecule has 0 aliphatic carbocycles. The van der Waals surface area contributed by atoms with Gasteiger partial charge < -0.3 is 26.4 Å². The van der Waals surface area contributed by atoms with Crippen molar-refractivity contribution in [3.05, 3.63) is 88.5 Å². The molecule has 5 N–H and O–H groups in total. The topological polar surface area (TPSA) is 105 Å². The monoisotopic (exact) mass is 586 g/mol. The molecule has 7 heteroatoms. The first-order chi connectivity index (χ1) is 20.8. The second-order valence-corrected chi connectivity index (χ2v) is 11.3. The molecular weight excluding hydrogens is 536 g/mol. The second-order valence-electron chi connectivity index (χ2n) is 11.3. The van der Waals surface area contributed by atoms with Crippen LogP contribution in [0.15, 0.2) is 60.7 Å². The van der Waals surface area contributed by atoms with Gasteiger partial charge in [-0.25, -0.2) is 0 Å². The maximum atomic E-state index is 13.3. The summed E-state index contributed by atoms with van der Waals surface area (Å²) in [5.41, 5.74) is 13.9. The summed E-state index contributed by atoms with van der Waals surface area (Å²) >= 11 is 0. The summed E-state index contributed by atoms with van der Waals surface area (Å²) in [5, 5.41) is 8.84. The lowest BCUT2D eigenvalue weighted by molar-refractivity contribution is -0.129. The average molecular weight is 587 g/mol. The standard InChI is InChI=1S/C36H50N4O3/c1-6-29-24-31(43-19-8-7-18-37)16-17-32(29)30-14-12-27(13-15-30)23-34(38-4)36(42)40-33(35(41)39-5)11-9-10-28-21-25(2)20-26(3)22-28/h12-17,20-22,24,33-34,38H,6-11,18-19,23,37H2,1-5H3,(H,39,41)(H,40,42)/t33?,34-/m0/s1. The predicted octanol–water partition coefficient (Wildman–Crippen LogP) is 5.03. The quantitative estimate of drug-likeness (QED) is 0.166. The highest BCUT2D eigenvalue weighted by Gasteiger charge is 2.24. The van der Waals surface area contributed by atoms with Gasteiger partial charge in [0.1, 0.15) is 11.8 Å². The van der Waals surface area contributed by atoms with E-state index in [1.54, 1.807) is 14.1 Å². The largest absolute Gasteiger partial charge is 0.494 e. The zero-order valence-corrected chi connectivity index (χ0v) is 26.6. The van der Waals surface area contributed by atoms with Crippen LogP contribution in [-0.2, 0) is 28.9 Å². The summed E-state index contributed by atoms with van der Waals surface area (Å²) in [5.74, 6) is 0.533. The lowest BCUT2D eigenvalue weighted by Crippen LogP contribution is -2.52. The van der Waals surface area contributed by atoms with Gasteiger partial charge in [0, 0.05) is 7.05 Å². The Morgan fingerprint density at radius 1 is 0.837 bits per heavy atom. The van der Waals surface area contributed by atoms with Crippen molar-refractivity contribution in [3.63, 3.8) is 0 Å². The first-order valence-electron chi connectivity index (χ1n) is 15.6. The number of carbonyl (C=O) groups is 2. The van der Waals surface area contributed by atoms with Crippen LogP contribution >= 0.6 is 0 Å². The molecule has 1 unspecified atom stereocenters. The summed E-state index contributed by atoms with van der Waals surface area (Å²) in [4.78, 5) is 25.9. The highest BCUT2D eigenvalue weighted by atomic mass is 16.5. The Morgan fingerprint density at radius 3 is 2.19 bits per heavy atom. The van der Waals surface area contributed by atoms with Crippen molar-refractivity contribution in [3.8, 4) is 16.9 Å². The molecule has 2 amide bonds. The lowest BCUT2D eigenvalue weighted by atomic mass is 9.95. The minimum Gasteiger partial charge on any atom is -0.494 e. The van der Waals surface area contributed by atoms with Crippen LogP contribution in [-0.4, -0.2) is 51.1 Å². The fourth-order valence-electron chi connectivity index (χ4n) is 5.49. The van der Waals surface area contributed by atoms with Crippen LogP contribution in [0.2, 0.25) is 0 Å². The second kappa shape index (κ2) is 17.4. The first-order valence-corrected chi connectivity index (χ1v) is 15.6. The third-order valence-corrected chi connectivity index (χ3v) is 7.81. The third-order valence-electron chi connectivity index (χ3n) is 7.81. The Bertz CT molecular complexity index is 1300. The van der Waals surface area contributed by atoms with Crippen molar-refractivity contribution in [1.29, 1.82) is 0 Å². The summed E-state index contributed by atoms with van der Waals surface area (Å²) in [6.45, 7) is 7.70. The van der Waals surface area contributed by atoms with E-state index < -0.39 is 12.1 Å². The number of carbonyl (C=O) groups excluding carboxylic acids is 2. The Balaban J connectivity index is 1.61. The molecule has 0 fully saturated rings. The molecule has 43 heavy (non-hydrogen) atoms. The molecule has 0 aromatic heterocycles. The fraction of sp³-hybridized carbons (Fsp3) is 0.444. The van der Waals surface area contributed by atoms with Gasteiger partial charge in [-0.2, -0.15) is 0 Å². The highest BCUT2D eigenvalue weighted by molar-refractivity contribution is 5.89. The van der Waals surface area contributed by atoms with Gasteiger partial charge in [-0.15, -0.1) is 0 Å². The number of aryl methyl sites for hydroxylation is 4. The van der Waals surface area contributed by atoms with Crippen molar-refractivity contribution < 1.29 is 14.3 Å². The van der Waals surface area contributed by atoms with Crippen LogP contribution in [0.3, 0.4) is 0 Å². The summed E-state index contributed by atoms with van der Waals surface area (Å²) in [7, 11) is 3.39. The minimum absolute atomic E-state index is 0.174. The van der Waals surface area contributed by atoms with Crippen LogP contribution in [0.4, 0.5) is 0 Å². The number of likely N-dealkylation sites (N-methyl/N-ethyl adjacent to an activating group) is 2. The Labute approximate surface area is 258 Å². The molecule has 0 aliphatic rings. The fourth-order valence-corrected chi connectivity index (χ4v) is 5.49. The highest BCUT2D eigenvalue weighted by Crippen LogP contribution is 2.28. The van der Waals surface area contributed by atoms with Gasteiger partial charge in [0.05, 0.1) is 12.6 Å². The number of hydrogen-bond donors (Lipinski definition) is 4. The van der Waals surface area contributed by atoms with Crippen LogP contribution < -0.4 is 26.4 Å². The molecule has 3 rings (SSSR count). The smallest absolute Gasteiger partial charge is 0.242 e. The van der Waals surface area contributed by atoms with Crippen molar-refractivity contribution in [2.75, 3.05) is 27.2 Å². The maximum absolute atomic E-state index is 13.3. The van der Waals surface area contributed by atoms with E-state index in [-0.39, 0.29) is 11.8 Å². The Hall–Kier alpha value is -3.68. The van der Waals surface area contributed by atoms with Gasteiger partial charge >= 0.3 is 0 Å². The van der Waals surface area contributed by atoms with E-state index in [2.05, 4.69) is 91.3 Å². The van der Waals surface area contributed by atoms with Crippen LogP contribution in [0, 0.1) is 13.8 Å². The van der Waals surface area contributed by atoms with Gasteiger partial charge in [-0.1, -0.05) is 66.6 Å². The number of nitrogens with one attached hydrogen (secondary N) is 3. The van der Waals surface area contributed by atoms with E-state index in [0.717, 1.165) is 49.0 Å². The number of unbranched alkanes of at least 4 members (excludes halogenated alkanes) is 1. The number of nitrogens with two attached hydrogens (primary N) is 1. The van der Waals surface area contributed by atoms with E-state index >= 15 is 0 Å². The molecular formula is C36H50N4O3. The number of ether oxygens (including phenoxy) is 1. The molecule has 0 bridgehead atoms.